The second kappa shape index (κ2) is 7.32. The van der Waals surface area contributed by atoms with Gasteiger partial charge < -0.3 is 4.74 Å². The predicted octanol–water partition coefficient (Wildman–Crippen LogP) is 1.27. The fourth-order valence-corrected chi connectivity index (χ4v) is 6.39. The van der Waals surface area contributed by atoms with Crippen molar-refractivity contribution in [2.24, 2.45) is 0 Å². The zero-order valence-electron chi connectivity index (χ0n) is 14.3. The van der Waals surface area contributed by atoms with Gasteiger partial charge in [0.05, 0.1) is 23.0 Å². The SMILES string of the molecule is C[C@H]1CCCCN1S(=O)(=O)c1ccc(S(=O)(=O)N2CCOCC2)cc1. The van der Waals surface area contributed by atoms with E-state index in [1.807, 2.05) is 6.92 Å². The second-order valence-corrected chi connectivity index (χ2v) is 10.3. The first-order valence-corrected chi connectivity index (χ1v) is 11.4. The lowest BCUT2D eigenvalue weighted by Crippen LogP contribution is -2.42. The highest BCUT2D eigenvalue weighted by molar-refractivity contribution is 7.89. The molecule has 0 saturated carbocycles. The first-order chi connectivity index (χ1) is 11.8. The summed E-state index contributed by atoms with van der Waals surface area (Å²) < 4.78 is 58.9. The van der Waals surface area contributed by atoms with E-state index in [0.717, 1.165) is 19.3 Å². The van der Waals surface area contributed by atoms with Crippen LogP contribution in [-0.4, -0.2) is 64.3 Å². The maximum absolute atomic E-state index is 12.8. The Balaban J connectivity index is 1.84. The zero-order chi connectivity index (χ0) is 18.1. The Morgan fingerprint density at radius 2 is 1.44 bits per heavy atom. The van der Waals surface area contributed by atoms with Crippen LogP contribution in [0.2, 0.25) is 0 Å². The molecule has 0 aliphatic carbocycles. The number of ether oxygens (including phenoxy) is 1. The van der Waals surface area contributed by atoms with Crippen molar-refractivity contribution in [3.63, 3.8) is 0 Å². The van der Waals surface area contributed by atoms with Crippen LogP contribution in [0, 0.1) is 0 Å². The molecule has 2 heterocycles. The normalized spacial score (nSPS) is 24.3. The molecule has 0 unspecified atom stereocenters. The van der Waals surface area contributed by atoms with E-state index in [1.165, 1.54) is 32.9 Å². The summed E-state index contributed by atoms with van der Waals surface area (Å²) in [4.78, 5) is 0.252. The van der Waals surface area contributed by atoms with Crippen LogP contribution >= 0.6 is 0 Å². The van der Waals surface area contributed by atoms with Gasteiger partial charge in [-0.15, -0.1) is 0 Å². The molecule has 0 spiro atoms. The van der Waals surface area contributed by atoms with Crippen molar-refractivity contribution in [3.8, 4) is 0 Å². The molecule has 2 saturated heterocycles. The Hall–Kier alpha value is -1.00. The standard InChI is InChI=1S/C16H24N2O5S2/c1-14-4-2-3-9-18(14)25(21,22)16-7-5-15(6-8-16)24(19,20)17-10-12-23-13-11-17/h5-8,14H,2-4,9-13H2,1H3/t14-/m0/s1. The number of morpholine rings is 1. The molecule has 1 atom stereocenters. The lowest BCUT2D eigenvalue weighted by atomic mass is 10.1. The summed E-state index contributed by atoms with van der Waals surface area (Å²) in [5.41, 5.74) is 0. The molecule has 1 aromatic rings. The topological polar surface area (TPSA) is 84.0 Å². The number of hydrogen-bond donors (Lipinski definition) is 0. The molecule has 2 aliphatic heterocycles. The van der Waals surface area contributed by atoms with E-state index >= 15 is 0 Å². The van der Waals surface area contributed by atoms with Crippen molar-refractivity contribution in [2.45, 2.75) is 42.0 Å². The molecule has 0 bridgehead atoms. The summed E-state index contributed by atoms with van der Waals surface area (Å²) in [5.74, 6) is 0. The highest BCUT2D eigenvalue weighted by Crippen LogP contribution is 2.26. The monoisotopic (exact) mass is 388 g/mol. The van der Waals surface area contributed by atoms with Crippen molar-refractivity contribution in [1.82, 2.24) is 8.61 Å². The average Bonchev–Trinajstić information content (AvgIpc) is 2.63. The Labute approximate surface area is 149 Å². The first kappa shape index (κ1) is 18.8. The summed E-state index contributed by atoms with van der Waals surface area (Å²) in [6.45, 7) is 3.80. The fraction of sp³-hybridized carbons (Fsp3) is 0.625. The summed E-state index contributed by atoms with van der Waals surface area (Å²) in [5, 5.41) is 0. The van der Waals surface area contributed by atoms with Gasteiger partial charge in [-0.25, -0.2) is 16.8 Å². The molecule has 0 amide bonds. The molecular formula is C16H24N2O5S2. The van der Waals surface area contributed by atoms with E-state index in [2.05, 4.69) is 0 Å². The molecule has 25 heavy (non-hydrogen) atoms. The molecule has 3 rings (SSSR count). The number of nitrogens with zero attached hydrogens (tertiary/aromatic N) is 2. The lowest BCUT2D eigenvalue weighted by molar-refractivity contribution is 0.0730. The molecule has 2 fully saturated rings. The molecule has 0 N–H and O–H groups in total. The highest BCUT2D eigenvalue weighted by atomic mass is 32.2. The van der Waals surface area contributed by atoms with Crippen LogP contribution in [0.15, 0.2) is 34.1 Å². The van der Waals surface area contributed by atoms with Gasteiger partial charge in [-0.05, 0) is 44.0 Å². The molecule has 9 heteroatoms. The van der Waals surface area contributed by atoms with Crippen molar-refractivity contribution in [1.29, 1.82) is 0 Å². The van der Waals surface area contributed by atoms with E-state index in [0.29, 0.717) is 32.8 Å². The Morgan fingerprint density at radius 1 is 0.880 bits per heavy atom. The third-order valence-electron chi connectivity index (χ3n) is 4.78. The van der Waals surface area contributed by atoms with Crippen LogP contribution in [0.3, 0.4) is 0 Å². The molecule has 140 valence electrons. The number of sulfonamides is 2. The minimum absolute atomic E-state index is 0.0319. The average molecular weight is 389 g/mol. The summed E-state index contributed by atoms with van der Waals surface area (Å²) >= 11 is 0. The van der Waals surface area contributed by atoms with Crippen LogP contribution in [-0.2, 0) is 24.8 Å². The van der Waals surface area contributed by atoms with Gasteiger partial charge in [0.1, 0.15) is 0 Å². The molecule has 0 aromatic heterocycles. The largest absolute Gasteiger partial charge is 0.379 e. The third-order valence-corrected chi connectivity index (χ3v) is 8.72. The van der Waals surface area contributed by atoms with E-state index < -0.39 is 20.0 Å². The van der Waals surface area contributed by atoms with E-state index in [-0.39, 0.29) is 15.8 Å². The Kier molecular flexibility index (Phi) is 5.50. The van der Waals surface area contributed by atoms with Crippen LogP contribution in [0.1, 0.15) is 26.2 Å². The van der Waals surface area contributed by atoms with Crippen LogP contribution < -0.4 is 0 Å². The fourth-order valence-electron chi connectivity index (χ4n) is 3.28. The van der Waals surface area contributed by atoms with Gasteiger partial charge in [0.15, 0.2) is 0 Å². The maximum Gasteiger partial charge on any atom is 0.243 e. The molecule has 7 nitrogen and oxygen atoms in total. The van der Waals surface area contributed by atoms with Crippen LogP contribution in [0.5, 0.6) is 0 Å². The van der Waals surface area contributed by atoms with Gasteiger partial charge in [0.25, 0.3) is 0 Å². The third kappa shape index (κ3) is 3.75. The van der Waals surface area contributed by atoms with Gasteiger partial charge in [-0.1, -0.05) is 6.42 Å². The van der Waals surface area contributed by atoms with Crippen molar-refractivity contribution in [2.75, 3.05) is 32.8 Å². The van der Waals surface area contributed by atoms with Gasteiger partial charge in [0.2, 0.25) is 20.0 Å². The summed E-state index contributed by atoms with van der Waals surface area (Å²) in [6, 6.07) is 5.52. The summed E-state index contributed by atoms with van der Waals surface area (Å²) in [6.07, 6.45) is 2.74. The number of rotatable bonds is 4. The maximum atomic E-state index is 12.8. The van der Waals surface area contributed by atoms with Crippen molar-refractivity contribution < 1.29 is 21.6 Å². The van der Waals surface area contributed by atoms with E-state index in [9.17, 15) is 16.8 Å². The molecular weight excluding hydrogens is 364 g/mol. The van der Waals surface area contributed by atoms with Gasteiger partial charge in [-0.3, -0.25) is 0 Å². The van der Waals surface area contributed by atoms with Crippen molar-refractivity contribution in [3.05, 3.63) is 24.3 Å². The Morgan fingerprint density at radius 3 is 2.00 bits per heavy atom. The Bertz CT molecular complexity index is 799. The van der Waals surface area contributed by atoms with E-state index in [4.69, 9.17) is 4.74 Å². The lowest BCUT2D eigenvalue weighted by Gasteiger charge is -2.32. The minimum atomic E-state index is -3.62. The van der Waals surface area contributed by atoms with Crippen LogP contribution in [0.4, 0.5) is 0 Å². The number of benzene rings is 1. The van der Waals surface area contributed by atoms with Gasteiger partial charge >= 0.3 is 0 Å². The number of hydrogen-bond acceptors (Lipinski definition) is 5. The minimum Gasteiger partial charge on any atom is -0.379 e. The molecule has 2 aliphatic rings. The van der Waals surface area contributed by atoms with Gasteiger partial charge in [0, 0.05) is 25.7 Å². The second-order valence-electron chi connectivity index (χ2n) is 6.45. The first-order valence-electron chi connectivity index (χ1n) is 8.53. The van der Waals surface area contributed by atoms with E-state index in [1.54, 1.807) is 0 Å². The number of piperidine rings is 1. The zero-order valence-corrected chi connectivity index (χ0v) is 15.9. The predicted molar refractivity (Wildman–Crippen MR) is 93.2 cm³/mol. The van der Waals surface area contributed by atoms with Gasteiger partial charge in [-0.2, -0.15) is 8.61 Å². The highest BCUT2D eigenvalue weighted by Gasteiger charge is 2.32. The summed E-state index contributed by atoms with van der Waals surface area (Å²) in [7, 11) is -7.21. The quantitative estimate of drug-likeness (QED) is 0.776. The smallest absolute Gasteiger partial charge is 0.243 e. The molecule has 0 radical (unpaired) electrons. The van der Waals surface area contributed by atoms with Crippen molar-refractivity contribution >= 4 is 20.0 Å². The van der Waals surface area contributed by atoms with Crippen LogP contribution in [0.25, 0.3) is 0 Å². The molecule has 1 aromatic carbocycles.